The van der Waals surface area contributed by atoms with E-state index in [-0.39, 0.29) is 23.5 Å². The van der Waals surface area contributed by atoms with Crippen molar-refractivity contribution in [3.05, 3.63) is 77.0 Å². The van der Waals surface area contributed by atoms with Gasteiger partial charge in [0.1, 0.15) is 0 Å². The molecule has 1 saturated heterocycles. The van der Waals surface area contributed by atoms with Crippen LogP contribution < -0.4 is 5.32 Å². The third kappa shape index (κ3) is 4.21. The number of aromatic nitrogens is 3. The molecule has 1 aliphatic rings. The van der Waals surface area contributed by atoms with E-state index in [4.69, 9.17) is 4.98 Å². The van der Waals surface area contributed by atoms with Gasteiger partial charge in [0, 0.05) is 11.3 Å². The monoisotopic (exact) mass is 474 g/mol. The minimum Gasteiger partial charge on any atom is -0.322 e. The topological polar surface area (TPSA) is 93.9 Å². The van der Waals surface area contributed by atoms with Crippen LogP contribution in [0.4, 0.5) is 5.69 Å². The number of pyridine rings is 1. The molecule has 8 heteroatoms. The van der Waals surface area contributed by atoms with E-state index >= 15 is 0 Å². The molecule has 5 rings (SSSR count). The summed E-state index contributed by atoms with van der Waals surface area (Å²) in [7, 11) is -3.11. The van der Waals surface area contributed by atoms with Crippen molar-refractivity contribution in [2.45, 2.75) is 33.2 Å². The van der Waals surface area contributed by atoms with Gasteiger partial charge >= 0.3 is 0 Å². The van der Waals surface area contributed by atoms with Crippen LogP contribution in [0.3, 0.4) is 0 Å². The molecule has 1 fully saturated rings. The highest BCUT2D eigenvalue weighted by Crippen LogP contribution is 2.32. The maximum Gasteiger partial charge on any atom is 0.256 e. The Morgan fingerprint density at radius 1 is 1.00 bits per heavy atom. The second-order valence-corrected chi connectivity index (χ2v) is 11.3. The lowest BCUT2D eigenvalue weighted by Crippen LogP contribution is -2.15. The first kappa shape index (κ1) is 22.3. The molecular formula is C26H26N4O3S. The lowest BCUT2D eigenvalue weighted by atomic mass is 10.0. The number of rotatable bonds is 4. The molecule has 4 aromatic rings. The molecule has 0 bridgehead atoms. The van der Waals surface area contributed by atoms with Crippen molar-refractivity contribution in [1.82, 2.24) is 14.8 Å². The molecule has 174 valence electrons. The standard InChI is InChI=1S/C26H26N4O3S/c1-16-4-8-19(9-5-16)23-14-22(26(31)27-20-10-6-17(2)7-11-20)24-18(3)29-30(25(24)28-23)21-12-13-34(32,33)15-21/h4-11,14,21H,12-13,15H2,1-3H3,(H,27,31)/t21-/m0/s1. The Kier molecular flexibility index (Phi) is 5.48. The van der Waals surface area contributed by atoms with Gasteiger partial charge in [-0.15, -0.1) is 0 Å². The van der Waals surface area contributed by atoms with E-state index in [1.165, 1.54) is 0 Å². The fourth-order valence-corrected chi connectivity index (χ4v) is 6.11. The number of aryl methyl sites for hydroxylation is 3. The average Bonchev–Trinajstić information content (AvgIpc) is 3.34. The Labute approximate surface area is 198 Å². The number of carbonyl (C=O) groups is 1. The Morgan fingerprint density at radius 3 is 2.26 bits per heavy atom. The smallest absolute Gasteiger partial charge is 0.256 e. The Bertz CT molecular complexity index is 1500. The molecule has 0 aliphatic carbocycles. The Morgan fingerprint density at radius 2 is 1.65 bits per heavy atom. The predicted molar refractivity (Wildman–Crippen MR) is 134 cm³/mol. The number of hydrogen-bond donors (Lipinski definition) is 1. The van der Waals surface area contributed by atoms with Crippen molar-refractivity contribution >= 4 is 32.5 Å². The van der Waals surface area contributed by atoms with Gasteiger partial charge in [0.05, 0.1) is 39.9 Å². The molecule has 1 atom stereocenters. The molecule has 2 aromatic carbocycles. The molecule has 34 heavy (non-hydrogen) atoms. The van der Waals surface area contributed by atoms with E-state index in [1.807, 2.05) is 69.3 Å². The van der Waals surface area contributed by atoms with Crippen molar-refractivity contribution in [2.24, 2.45) is 0 Å². The van der Waals surface area contributed by atoms with Gasteiger partial charge in [-0.3, -0.25) is 4.79 Å². The summed E-state index contributed by atoms with van der Waals surface area (Å²) < 4.78 is 26.0. The fourth-order valence-electron chi connectivity index (χ4n) is 4.42. The van der Waals surface area contributed by atoms with Crippen LogP contribution in [0.15, 0.2) is 54.6 Å². The number of nitrogens with one attached hydrogen (secondary N) is 1. The normalized spacial score (nSPS) is 17.2. The number of carbonyl (C=O) groups excluding carboxylic acids is 1. The van der Waals surface area contributed by atoms with Gasteiger partial charge in [-0.05, 0) is 45.4 Å². The van der Waals surface area contributed by atoms with Gasteiger partial charge in [-0.2, -0.15) is 5.10 Å². The summed E-state index contributed by atoms with van der Waals surface area (Å²) in [5, 5.41) is 8.29. The Hall–Kier alpha value is -3.52. The highest BCUT2D eigenvalue weighted by Gasteiger charge is 2.32. The average molecular weight is 475 g/mol. The van der Waals surface area contributed by atoms with Gasteiger partial charge in [0.15, 0.2) is 15.5 Å². The van der Waals surface area contributed by atoms with Crippen LogP contribution in [-0.4, -0.2) is 40.6 Å². The zero-order chi connectivity index (χ0) is 24.0. The highest BCUT2D eigenvalue weighted by molar-refractivity contribution is 7.91. The van der Waals surface area contributed by atoms with Crippen molar-refractivity contribution in [3.8, 4) is 11.3 Å². The van der Waals surface area contributed by atoms with Gasteiger partial charge in [-0.25, -0.2) is 18.1 Å². The van der Waals surface area contributed by atoms with Gasteiger partial charge in [0.25, 0.3) is 5.91 Å². The summed E-state index contributed by atoms with van der Waals surface area (Å²) in [6, 6.07) is 17.1. The molecule has 1 aliphatic heterocycles. The van der Waals surface area contributed by atoms with Crippen LogP contribution in [0.5, 0.6) is 0 Å². The van der Waals surface area contributed by atoms with Crippen molar-refractivity contribution in [2.75, 3.05) is 16.8 Å². The number of sulfone groups is 1. The lowest BCUT2D eigenvalue weighted by Gasteiger charge is -2.12. The number of amides is 1. The molecule has 0 spiro atoms. The molecule has 0 radical (unpaired) electrons. The van der Waals surface area contributed by atoms with E-state index in [1.54, 1.807) is 10.7 Å². The van der Waals surface area contributed by atoms with E-state index in [9.17, 15) is 13.2 Å². The first-order chi connectivity index (χ1) is 16.2. The third-order valence-corrected chi connectivity index (χ3v) is 8.04. The van der Waals surface area contributed by atoms with Crippen LogP contribution in [0.1, 0.15) is 39.6 Å². The number of fused-ring (bicyclic) bond motifs is 1. The second kappa shape index (κ2) is 8.36. The SMILES string of the molecule is Cc1ccc(NC(=O)c2cc(-c3ccc(C)cc3)nc3c2c(C)nn3[C@H]2CCS(=O)(=O)C2)cc1. The number of nitrogens with zero attached hydrogens (tertiary/aromatic N) is 3. The van der Waals surface area contributed by atoms with Gasteiger partial charge < -0.3 is 5.32 Å². The van der Waals surface area contributed by atoms with E-state index in [2.05, 4.69) is 10.4 Å². The minimum absolute atomic E-state index is 0.0323. The number of anilines is 1. The van der Waals surface area contributed by atoms with Crippen LogP contribution in [-0.2, 0) is 9.84 Å². The van der Waals surface area contributed by atoms with E-state index in [0.29, 0.717) is 40.1 Å². The molecule has 1 N–H and O–H groups in total. The predicted octanol–water partition coefficient (Wildman–Crippen LogP) is 4.64. The van der Waals surface area contributed by atoms with Crippen LogP contribution in [0.2, 0.25) is 0 Å². The van der Waals surface area contributed by atoms with Crippen LogP contribution in [0.25, 0.3) is 22.3 Å². The van der Waals surface area contributed by atoms with Crippen molar-refractivity contribution in [3.63, 3.8) is 0 Å². The van der Waals surface area contributed by atoms with Gasteiger partial charge in [0.2, 0.25) is 0 Å². The molecule has 0 saturated carbocycles. The van der Waals surface area contributed by atoms with Crippen LogP contribution in [0, 0.1) is 20.8 Å². The van der Waals surface area contributed by atoms with E-state index < -0.39 is 9.84 Å². The van der Waals surface area contributed by atoms with Crippen molar-refractivity contribution in [1.29, 1.82) is 0 Å². The summed E-state index contributed by atoms with van der Waals surface area (Å²) in [4.78, 5) is 18.3. The quantitative estimate of drug-likeness (QED) is 0.465. The molecule has 3 heterocycles. The number of hydrogen-bond acceptors (Lipinski definition) is 5. The minimum atomic E-state index is -3.11. The summed E-state index contributed by atoms with van der Waals surface area (Å²) in [5.74, 6) is -0.0903. The zero-order valence-corrected chi connectivity index (χ0v) is 20.2. The lowest BCUT2D eigenvalue weighted by molar-refractivity contribution is 0.102. The summed E-state index contributed by atoms with van der Waals surface area (Å²) >= 11 is 0. The molecule has 2 aromatic heterocycles. The van der Waals surface area contributed by atoms with Crippen molar-refractivity contribution < 1.29 is 13.2 Å². The molecule has 7 nitrogen and oxygen atoms in total. The summed E-state index contributed by atoms with van der Waals surface area (Å²) in [6.45, 7) is 5.84. The third-order valence-electron chi connectivity index (χ3n) is 6.29. The maximum atomic E-state index is 13.5. The van der Waals surface area contributed by atoms with E-state index in [0.717, 1.165) is 16.7 Å². The summed E-state index contributed by atoms with van der Waals surface area (Å²) in [5.41, 5.74) is 6.09. The maximum absolute atomic E-state index is 13.5. The fraction of sp³-hybridized carbons (Fsp3) is 0.269. The molecule has 1 amide bonds. The zero-order valence-electron chi connectivity index (χ0n) is 19.4. The molecular weight excluding hydrogens is 448 g/mol. The van der Waals surface area contributed by atoms with Gasteiger partial charge in [-0.1, -0.05) is 47.5 Å². The second-order valence-electron chi connectivity index (χ2n) is 9.03. The van der Waals surface area contributed by atoms with Crippen LogP contribution >= 0.6 is 0 Å². The first-order valence-electron chi connectivity index (χ1n) is 11.3. The largest absolute Gasteiger partial charge is 0.322 e. The first-order valence-corrected chi connectivity index (χ1v) is 13.1. The summed E-state index contributed by atoms with van der Waals surface area (Å²) in [6.07, 6.45) is 0.486. The number of benzene rings is 2. The Balaban J connectivity index is 1.67. The highest BCUT2D eigenvalue weighted by atomic mass is 32.2. The molecule has 0 unspecified atom stereocenters.